The van der Waals surface area contributed by atoms with Crippen molar-refractivity contribution >= 4 is 12.0 Å². The van der Waals surface area contributed by atoms with Gasteiger partial charge in [0.2, 0.25) is 5.91 Å². The topological polar surface area (TPSA) is 79.5 Å². The smallest absolute Gasteiger partial charge is 0.407 e. The zero-order chi connectivity index (χ0) is 19.8. The van der Waals surface area contributed by atoms with Gasteiger partial charge in [-0.3, -0.25) is 4.79 Å². The van der Waals surface area contributed by atoms with E-state index in [9.17, 15) is 9.59 Å². The van der Waals surface area contributed by atoms with Crippen molar-refractivity contribution in [2.24, 2.45) is 5.41 Å². The van der Waals surface area contributed by atoms with Crippen molar-refractivity contribution in [2.45, 2.75) is 60.2 Å². The van der Waals surface area contributed by atoms with Crippen LogP contribution >= 0.6 is 0 Å². The molecule has 6 heteroatoms. The highest BCUT2D eigenvalue weighted by Gasteiger charge is 2.13. The first-order valence-electron chi connectivity index (χ1n) is 8.95. The maximum absolute atomic E-state index is 11.7. The second-order valence-corrected chi connectivity index (χ2v) is 8.69. The molecular weight excluding hydrogens is 330 g/mol. The van der Waals surface area contributed by atoms with Crippen molar-refractivity contribution in [1.82, 2.24) is 16.0 Å². The van der Waals surface area contributed by atoms with Crippen LogP contribution in [0.4, 0.5) is 4.79 Å². The molecule has 0 heterocycles. The Morgan fingerprint density at radius 2 is 1.50 bits per heavy atom. The van der Waals surface area contributed by atoms with E-state index in [1.54, 1.807) is 0 Å². The highest BCUT2D eigenvalue weighted by molar-refractivity contribution is 5.82. The van der Waals surface area contributed by atoms with Gasteiger partial charge in [0.05, 0.1) is 6.54 Å². The number of carbonyl (C=O) groups is 2. The molecule has 0 spiro atoms. The first-order valence-corrected chi connectivity index (χ1v) is 8.95. The van der Waals surface area contributed by atoms with Crippen molar-refractivity contribution in [3.8, 4) is 0 Å². The lowest BCUT2D eigenvalue weighted by Gasteiger charge is -2.20. The van der Waals surface area contributed by atoms with Crippen LogP contribution in [0.3, 0.4) is 0 Å². The summed E-state index contributed by atoms with van der Waals surface area (Å²) in [6.45, 7) is 13.9. The largest absolute Gasteiger partial charge is 0.445 e. The van der Waals surface area contributed by atoms with Gasteiger partial charge >= 0.3 is 6.09 Å². The van der Waals surface area contributed by atoms with Crippen LogP contribution in [-0.4, -0.2) is 30.6 Å². The van der Waals surface area contributed by atoms with Gasteiger partial charge in [0, 0.05) is 18.6 Å². The summed E-state index contributed by atoms with van der Waals surface area (Å²) in [5.41, 5.74) is 2.14. The van der Waals surface area contributed by atoms with Crippen LogP contribution in [0.1, 0.15) is 52.7 Å². The molecule has 146 valence electrons. The number of rotatable bonds is 7. The zero-order valence-electron chi connectivity index (χ0n) is 16.9. The van der Waals surface area contributed by atoms with Crippen LogP contribution in [0.15, 0.2) is 24.3 Å². The second kappa shape index (κ2) is 9.57. The van der Waals surface area contributed by atoms with E-state index in [1.807, 2.05) is 45.0 Å². The Morgan fingerprint density at radius 1 is 0.923 bits per heavy atom. The van der Waals surface area contributed by atoms with Gasteiger partial charge in [-0.05, 0) is 37.3 Å². The van der Waals surface area contributed by atoms with Gasteiger partial charge in [-0.15, -0.1) is 0 Å². The second-order valence-electron chi connectivity index (χ2n) is 8.69. The van der Waals surface area contributed by atoms with Gasteiger partial charge < -0.3 is 20.7 Å². The summed E-state index contributed by atoms with van der Waals surface area (Å²) in [7, 11) is 0. The summed E-state index contributed by atoms with van der Waals surface area (Å²) in [4.78, 5) is 23.3. The number of amides is 2. The SMILES string of the molecule is CC(C)(C)CNC(=O)CNC(=O)OCc1ccc(CNC(C)(C)C)cc1. The normalized spacial score (nSPS) is 11.8. The molecule has 0 unspecified atom stereocenters. The van der Waals surface area contributed by atoms with Crippen LogP contribution in [0.25, 0.3) is 0 Å². The van der Waals surface area contributed by atoms with Crippen LogP contribution in [-0.2, 0) is 22.7 Å². The van der Waals surface area contributed by atoms with E-state index < -0.39 is 6.09 Å². The van der Waals surface area contributed by atoms with E-state index in [2.05, 4.69) is 36.7 Å². The fourth-order valence-electron chi connectivity index (χ4n) is 1.90. The number of benzene rings is 1. The molecule has 0 fully saturated rings. The molecule has 0 atom stereocenters. The first-order chi connectivity index (χ1) is 11.9. The fraction of sp³-hybridized carbons (Fsp3) is 0.600. The van der Waals surface area contributed by atoms with Crippen molar-refractivity contribution in [1.29, 1.82) is 0 Å². The third-order valence-electron chi connectivity index (χ3n) is 3.42. The molecule has 0 radical (unpaired) electrons. The summed E-state index contributed by atoms with van der Waals surface area (Å²) in [5, 5.41) is 8.64. The van der Waals surface area contributed by atoms with Crippen LogP contribution in [0.2, 0.25) is 0 Å². The van der Waals surface area contributed by atoms with Crippen molar-refractivity contribution in [3.05, 3.63) is 35.4 Å². The molecule has 26 heavy (non-hydrogen) atoms. The quantitative estimate of drug-likeness (QED) is 0.696. The van der Waals surface area contributed by atoms with Gasteiger partial charge in [0.15, 0.2) is 0 Å². The minimum absolute atomic E-state index is 0.00470. The van der Waals surface area contributed by atoms with Crippen LogP contribution < -0.4 is 16.0 Å². The molecular formula is C20H33N3O3. The number of alkyl carbamates (subject to hydrolysis) is 1. The number of carbonyl (C=O) groups excluding carboxylic acids is 2. The zero-order valence-corrected chi connectivity index (χ0v) is 16.9. The Kier molecular flexibility index (Phi) is 8.08. The van der Waals surface area contributed by atoms with Crippen molar-refractivity contribution in [3.63, 3.8) is 0 Å². The molecule has 0 saturated carbocycles. The van der Waals surface area contributed by atoms with Gasteiger partial charge in [-0.25, -0.2) is 4.79 Å². The molecule has 0 aliphatic heterocycles. The maximum Gasteiger partial charge on any atom is 0.407 e. The maximum atomic E-state index is 11.7. The third-order valence-corrected chi connectivity index (χ3v) is 3.42. The Balaban J connectivity index is 2.29. The van der Waals surface area contributed by atoms with E-state index in [4.69, 9.17) is 4.74 Å². The number of nitrogens with one attached hydrogen (secondary N) is 3. The minimum atomic E-state index is -0.602. The lowest BCUT2D eigenvalue weighted by molar-refractivity contribution is -0.120. The molecule has 0 aliphatic rings. The van der Waals surface area contributed by atoms with E-state index >= 15 is 0 Å². The molecule has 0 aliphatic carbocycles. The van der Waals surface area contributed by atoms with Gasteiger partial charge in [0.1, 0.15) is 6.61 Å². The van der Waals surface area contributed by atoms with E-state index in [-0.39, 0.29) is 30.0 Å². The molecule has 3 N–H and O–H groups in total. The lowest BCUT2D eigenvalue weighted by Crippen LogP contribution is -2.40. The molecule has 0 saturated heterocycles. The molecule has 1 rings (SSSR count). The standard InChI is InChI=1S/C20H33N3O3/c1-19(2,3)14-22-17(24)12-21-18(25)26-13-16-9-7-15(8-10-16)11-23-20(4,5)6/h7-10,23H,11-14H2,1-6H3,(H,21,25)(H,22,24). The van der Waals surface area contributed by atoms with Gasteiger partial charge in [-0.2, -0.15) is 0 Å². The summed E-state index contributed by atoms with van der Waals surface area (Å²) in [6.07, 6.45) is -0.602. The Hall–Kier alpha value is -2.08. The number of hydrogen-bond acceptors (Lipinski definition) is 4. The average molecular weight is 364 g/mol. The molecule has 1 aromatic rings. The Labute approximate surface area is 157 Å². The molecule has 0 bridgehead atoms. The fourth-order valence-corrected chi connectivity index (χ4v) is 1.90. The van der Waals surface area contributed by atoms with E-state index in [1.165, 1.54) is 5.56 Å². The average Bonchev–Trinajstić information content (AvgIpc) is 2.54. The first kappa shape index (κ1) is 22.0. The van der Waals surface area contributed by atoms with Crippen molar-refractivity contribution < 1.29 is 14.3 Å². The summed E-state index contributed by atoms with van der Waals surface area (Å²) < 4.78 is 5.13. The molecule has 2 amide bonds. The monoisotopic (exact) mass is 363 g/mol. The van der Waals surface area contributed by atoms with Crippen molar-refractivity contribution in [2.75, 3.05) is 13.1 Å². The molecule has 6 nitrogen and oxygen atoms in total. The molecule has 0 aromatic heterocycles. The summed E-state index contributed by atoms with van der Waals surface area (Å²) >= 11 is 0. The predicted molar refractivity (Wildman–Crippen MR) is 104 cm³/mol. The van der Waals surface area contributed by atoms with Gasteiger partial charge in [0.25, 0.3) is 0 Å². The van der Waals surface area contributed by atoms with Crippen LogP contribution in [0, 0.1) is 5.41 Å². The summed E-state index contributed by atoms with van der Waals surface area (Å²) in [6, 6.07) is 7.89. The van der Waals surface area contributed by atoms with E-state index in [0.717, 1.165) is 12.1 Å². The lowest BCUT2D eigenvalue weighted by atomic mass is 9.97. The summed E-state index contributed by atoms with van der Waals surface area (Å²) in [5.74, 6) is -0.229. The predicted octanol–water partition coefficient (Wildman–Crippen LogP) is 2.96. The van der Waals surface area contributed by atoms with E-state index in [0.29, 0.717) is 6.54 Å². The Bertz CT molecular complexity index is 584. The van der Waals surface area contributed by atoms with Crippen LogP contribution in [0.5, 0.6) is 0 Å². The highest BCUT2D eigenvalue weighted by Crippen LogP contribution is 2.10. The third kappa shape index (κ3) is 10.7. The minimum Gasteiger partial charge on any atom is -0.445 e. The van der Waals surface area contributed by atoms with Gasteiger partial charge in [-0.1, -0.05) is 45.0 Å². The number of ether oxygens (including phenoxy) is 1. The highest BCUT2D eigenvalue weighted by atomic mass is 16.5. The molecule has 1 aromatic carbocycles. The Morgan fingerprint density at radius 3 is 2.04 bits per heavy atom. The number of hydrogen-bond donors (Lipinski definition) is 3.